The Kier molecular flexibility index (Phi) is 4.61. The molecule has 0 heterocycles. The molecule has 0 aromatic heterocycles. The second kappa shape index (κ2) is 6.02. The maximum absolute atomic E-state index is 10.6. The predicted octanol–water partition coefficient (Wildman–Crippen LogP) is 2.40. The highest BCUT2D eigenvalue weighted by atomic mass is 16.1. The number of amides is 1. The first-order valence-corrected chi connectivity index (χ1v) is 5.22. The van der Waals surface area contributed by atoms with Crippen LogP contribution in [0.15, 0.2) is 30.3 Å². The molecule has 1 rings (SSSR count). The fraction of sp³-hybridized carbons (Fsp3) is 0.308. The average Bonchev–Trinajstić information content (AvgIpc) is 2.24. The van der Waals surface area contributed by atoms with Crippen molar-refractivity contribution >= 4 is 12.0 Å². The minimum absolute atomic E-state index is 0.00181. The zero-order valence-corrected chi connectivity index (χ0v) is 9.29. The number of aryl methyl sites for hydroxylation is 1. The molecular weight excluding hydrogens is 186 g/mol. The van der Waals surface area contributed by atoms with E-state index in [0.29, 0.717) is 6.54 Å². The van der Waals surface area contributed by atoms with Gasteiger partial charge in [0.15, 0.2) is 0 Å². The van der Waals surface area contributed by atoms with E-state index in [1.807, 2.05) is 12.2 Å². The summed E-state index contributed by atoms with van der Waals surface area (Å²) < 4.78 is 0. The molecule has 2 nitrogen and oxygen atoms in total. The van der Waals surface area contributed by atoms with E-state index in [-0.39, 0.29) is 5.91 Å². The summed E-state index contributed by atoms with van der Waals surface area (Å²) in [4.78, 5) is 10.6. The van der Waals surface area contributed by atoms with Gasteiger partial charge in [-0.1, -0.05) is 43.3 Å². The smallest absolute Gasteiger partial charge is 0.217 e. The van der Waals surface area contributed by atoms with E-state index in [1.54, 1.807) is 0 Å². The molecule has 80 valence electrons. The van der Waals surface area contributed by atoms with Crippen LogP contribution in [0.2, 0.25) is 0 Å². The molecule has 0 saturated heterocycles. The predicted molar refractivity (Wildman–Crippen MR) is 63.5 cm³/mol. The molecule has 0 unspecified atom stereocenters. The largest absolute Gasteiger partial charge is 0.353 e. The SMILES string of the molecule is CCc1cccc(C=CCNC(C)=O)c1. The second-order valence-corrected chi connectivity index (χ2v) is 3.44. The monoisotopic (exact) mass is 203 g/mol. The molecule has 1 aromatic carbocycles. The summed E-state index contributed by atoms with van der Waals surface area (Å²) in [5.41, 5.74) is 2.51. The zero-order chi connectivity index (χ0) is 11.1. The van der Waals surface area contributed by atoms with Crippen LogP contribution < -0.4 is 5.32 Å². The number of carbonyl (C=O) groups is 1. The van der Waals surface area contributed by atoms with Gasteiger partial charge in [0.2, 0.25) is 5.91 Å². The normalized spacial score (nSPS) is 10.5. The van der Waals surface area contributed by atoms with E-state index in [9.17, 15) is 4.79 Å². The van der Waals surface area contributed by atoms with E-state index in [2.05, 4.69) is 36.5 Å². The van der Waals surface area contributed by atoms with Gasteiger partial charge in [-0.15, -0.1) is 0 Å². The summed E-state index contributed by atoms with van der Waals surface area (Å²) >= 11 is 0. The summed E-state index contributed by atoms with van der Waals surface area (Å²) in [6.45, 7) is 4.25. The number of nitrogens with one attached hydrogen (secondary N) is 1. The number of hydrogen-bond acceptors (Lipinski definition) is 1. The van der Waals surface area contributed by atoms with Crippen LogP contribution in [0, 0.1) is 0 Å². The lowest BCUT2D eigenvalue weighted by Crippen LogP contribution is -2.19. The van der Waals surface area contributed by atoms with E-state index >= 15 is 0 Å². The van der Waals surface area contributed by atoms with E-state index in [4.69, 9.17) is 0 Å². The fourth-order valence-electron chi connectivity index (χ4n) is 1.31. The molecule has 0 bridgehead atoms. The number of carbonyl (C=O) groups excluding carboxylic acids is 1. The first-order chi connectivity index (χ1) is 7.22. The third kappa shape index (κ3) is 4.45. The molecule has 0 aliphatic rings. The van der Waals surface area contributed by atoms with Crippen LogP contribution >= 0.6 is 0 Å². The Hall–Kier alpha value is -1.57. The van der Waals surface area contributed by atoms with Crippen LogP contribution in [0.4, 0.5) is 0 Å². The molecule has 0 saturated carbocycles. The van der Waals surface area contributed by atoms with Crippen molar-refractivity contribution in [2.45, 2.75) is 20.3 Å². The first kappa shape index (κ1) is 11.5. The van der Waals surface area contributed by atoms with Crippen molar-refractivity contribution in [3.8, 4) is 0 Å². The number of rotatable bonds is 4. The molecular formula is C13H17NO. The van der Waals surface area contributed by atoms with E-state index in [1.165, 1.54) is 18.1 Å². The summed E-state index contributed by atoms with van der Waals surface area (Å²) in [7, 11) is 0. The van der Waals surface area contributed by atoms with Gasteiger partial charge in [0, 0.05) is 13.5 Å². The lowest BCUT2D eigenvalue weighted by Gasteiger charge is -1.98. The molecule has 0 aliphatic carbocycles. The first-order valence-electron chi connectivity index (χ1n) is 5.22. The standard InChI is InChI=1S/C13H17NO/c1-3-12-6-4-7-13(10-12)8-5-9-14-11(2)15/h4-8,10H,3,9H2,1-2H3,(H,14,15). The molecule has 1 amide bonds. The minimum Gasteiger partial charge on any atom is -0.353 e. The Labute approximate surface area is 91.0 Å². The third-order valence-corrected chi connectivity index (χ3v) is 2.14. The van der Waals surface area contributed by atoms with Gasteiger partial charge >= 0.3 is 0 Å². The Bertz CT molecular complexity index is 355. The van der Waals surface area contributed by atoms with Gasteiger partial charge in [-0.2, -0.15) is 0 Å². The summed E-state index contributed by atoms with van der Waals surface area (Å²) in [5.74, 6) is 0.00181. The van der Waals surface area contributed by atoms with Crippen LogP contribution in [-0.2, 0) is 11.2 Å². The molecule has 1 aromatic rings. The van der Waals surface area contributed by atoms with Crippen molar-refractivity contribution in [2.24, 2.45) is 0 Å². The van der Waals surface area contributed by atoms with Crippen molar-refractivity contribution in [1.29, 1.82) is 0 Å². The van der Waals surface area contributed by atoms with Crippen molar-refractivity contribution < 1.29 is 4.79 Å². The Morgan fingerprint density at radius 2 is 2.27 bits per heavy atom. The van der Waals surface area contributed by atoms with Crippen molar-refractivity contribution in [3.63, 3.8) is 0 Å². The molecule has 1 N–H and O–H groups in total. The van der Waals surface area contributed by atoms with Gasteiger partial charge in [0.1, 0.15) is 0 Å². The van der Waals surface area contributed by atoms with Crippen LogP contribution in [-0.4, -0.2) is 12.5 Å². The summed E-state index contributed by atoms with van der Waals surface area (Å²) in [6.07, 6.45) is 5.03. The lowest BCUT2D eigenvalue weighted by molar-refractivity contribution is -0.118. The highest BCUT2D eigenvalue weighted by Crippen LogP contribution is 2.07. The maximum Gasteiger partial charge on any atom is 0.217 e. The Morgan fingerprint density at radius 3 is 2.93 bits per heavy atom. The lowest BCUT2D eigenvalue weighted by atomic mass is 10.1. The summed E-state index contributed by atoms with van der Waals surface area (Å²) in [6, 6.07) is 8.38. The highest BCUT2D eigenvalue weighted by Gasteiger charge is 1.90. The highest BCUT2D eigenvalue weighted by molar-refractivity contribution is 5.73. The molecule has 0 aliphatic heterocycles. The van der Waals surface area contributed by atoms with Crippen LogP contribution in [0.25, 0.3) is 6.08 Å². The molecule has 0 spiro atoms. The quantitative estimate of drug-likeness (QED) is 0.800. The zero-order valence-electron chi connectivity index (χ0n) is 9.29. The minimum atomic E-state index is 0.00181. The molecule has 15 heavy (non-hydrogen) atoms. The van der Waals surface area contributed by atoms with E-state index in [0.717, 1.165) is 6.42 Å². The average molecular weight is 203 g/mol. The van der Waals surface area contributed by atoms with Crippen molar-refractivity contribution in [1.82, 2.24) is 5.32 Å². The second-order valence-electron chi connectivity index (χ2n) is 3.44. The van der Waals surface area contributed by atoms with Gasteiger partial charge in [0.05, 0.1) is 0 Å². The van der Waals surface area contributed by atoms with Gasteiger partial charge in [0.25, 0.3) is 0 Å². The molecule has 0 fully saturated rings. The Morgan fingerprint density at radius 1 is 1.47 bits per heavy atom. The summed E-state index contributed by atoms with van der Waals surface area (Å²) in [5, 5.41) is 2.72. The van der Waals surface area contributed by atoms with Gasteiger partial charge in [-0.05, 0) is 17.5 Å². The molecule has 0 atom stereocenters. The van der Waals surface area contributed by atoms with Crippen molar-refractivity contribution in [2.75, 3.05) is 6.54 Å². The Balaban J connectivity index is 2.52. The number of hydrogen-bond donors (Lipinski definition) is 1. The van der Waals surface area contributed by atoms with Crippen LogP contribution in [0.1, 0.15) is 25.0 Å². The van der Waals surface area contributed by atoms with Gasteiger partial charge < -0.3 is 5.32 Å². The third-order valence-electron chi connectivity index (χ3n) is 2.14. The topological polar surface area (TPSA) is 29.1 Å². The maximum atomic E-state index is 10.6. The van der Waals surface area contributed by atoms with Crippen molar-refractivity contribution in [3.05, 3.63) is 41.5 Å². The van der Waals surface area contributed by atoms with Gasteiger partial charge in [-0.3, -0.25) is 4.79 Å². The van der Waals surface area contributed by atoms with Crippen LogP contribution in [0.3, 0.4) is 0 Å². The molecule has 0 radical (unpaired) electrons. The molecule has 2 heteroatoms. The van der Waals surface area contributed by atoms with Crippen LogP contribution in [0.5, 0.6) is 0 Å². The number of benzene rings is 1. The van der Waals surface area contributed by atoms with Gasteiger partial charge in [-0.25, -0.2) is 0 Å². The fourth-order valence-corrected chi connectivity index (χ4v) is 1.31. The van der Waals surface area contributed by atoms with E-state index < -0.39 is 0 Å².